The van der Waals surface area contributed by atoms with E-state index in [1.165, 1.54) is 44.4 Å². The zero-order valence-corrected chi connectivity index (χ0v) is 21.8. The van der Waals surface area contributed by atoms with E-state index >= 15 is 0 Å². The van der Waals surface area contributed by atoms with Gasteiger partial charge in [-0.05, 0) is 25.3 Å². The maximum atomic E-state index is 13.3. The van der Waals surface area contributed by atoms with Crippen LogP contribution in [0.1, 0.15) is 41.6 Å². The fraction of sp³-hybridized carbons (Fsp3) is 0.500. The highest BCUT2D eigenvalue weighted by atomic mass is 35.5. The summed E-state index contributed by atoms with van der Waals surface area (Å²) in [4.78, 5) is 38.8. The average molecular weight is 577 g/mol. The van der Waals surface area contributed by atoms with E-state index in [2.05, 4.69) is 20.6 Å². The Hall–Kier alpha value is -2.23. The fourth-order valence-electron chi connectivity index (χ4n) is 4.11. The van der Waals surface area contributed by atoms with Gasteiger partial charge in [-0.3, -0.25) is 19.2 Å². The van der Waals surface area contributed by atoms with Gasteiger partial charge in [-0.2, -0.15) is 5.10 Å². The number of carbonyl (C=O) groups excluding carboxylic acids is 2. The molecule has 0 bridgehead atoms. The molecule has 0 radical (unpaired) electrons. The molecule has 0 aromatic carbocycles. The number of carboxylic acids is 1. The standard InChI is InChI=1S/C20H19ClF2N6O4S3/c1-7-25-26-20(36-7)35-6-9-5-34-18-13(17(31)29(18)15(9)19(32)33)24-10(30)4-28-14(8-2-3-8)11(21)12(27-28)16(22)23/h8,13,16,18H,2-6H2,1H3,(H,24,30)(H,32,33)/t13-,18+/m0/s1. The van der Waals surface area contributed by atoms with Gasteiger partial charge in [0.25, 0.3) is 12.3 Å². The number of fused-ring (bicyclic) bond motifs is 1. The number of nitrogens with one attached hydrogen (secondary N) is 1. The second-order valence-corrected chi connectivity index (χ2v) is 12.3. The van der Waals surface area contributed by atoms with Gasteiger partial charge in [0.2, 0.25) is 5.91 Å². The van der Waals surface area contributed by atoms with E-state index in [0.717, 1.165) is 17.8 Å². The topological polar surface area (TPSA) is 130 Å². The Morgan fingerprint density at radius 3 is 2.69 bits per heavy atom. The number of aryl methyl sites for hydroxylation is 1. The lowest BCUT2D eigenvalue weighted by molar-refractivity contribution is -0.150. The number of thioether (sulfide) groups is 2. The minimum Gasteiger partial charge on any atom is -0.477 e. The highest BCUT2D eigenvalue weighted by Crippen LogP contribution is 2.46. The molecule has 36 heavy (non-hydrogen) atoms. The monoisotopic (exact) mass is 576 g/mol. The van der Waals surface area contributed by atoms with Crippen molar-refractivity contribution in [3.8, 4) is 0 Å². The van der Waals surface area contributed by atoms with Crippen molar-refractivity contribution in [2.45, 2.75) is 54.4 Å². The normalized spacial score (nSPS) is 21.6. The van der Waals surface area contributed by atoms with Gasteiger partial charge >= 0.3 is 5.97 Å². The number of aliphatic carboxylic acids is 1. The minimum absolute atomic E-state index is 0.0244. The molecular formula is C20H19ClF2N6O4S3. The molecule has 2 aromatic rings. The van der Waals surface area contributed by atoms with E-state index in [1.54, 1.807) is 0 Å². The molecule has 1 saturated carbocycles. The average Bonchev–Trinajstić information content (AvgIpc) is 3.49. The van der Waals surface area contributed by atoms with Gasteiger partial charge in [0, 0.05) is 17.4 Å². The molecule has 1 saturated heterocycles. The predicted molar refractivity (Wildman–Crippen MR) is 129 cm³/mol. The van der Waals surface area contributed by atoms with Crippen molar-refractivity contribution >= 4 is 64.2 Å². The van der Waals surface area contributed by atoms with E-state index in [9.17, 15) is 28.3 Å². The molecule has 192 valence electrons. The Morgan fingerprint density at radius 1 is 1.33 bits per heavy atom. The van der Waals surface area contributed by atoms with Crippen LogP contribution in [0.3, 0.4) is 0 Å². The van der Waals surface area contributed by atoms with Crippen LogP contribution in [0.2, 0.25) is 5.02 Å². The van der Waals surface area contributed by atoms with E-state index in [-0.39, 0.29) is 23.2 Å². The Kier molecular flexibility index (Phi) is 7.00. The third-order valence-electron chi connectivity index (χ3n) is 5.86. The molecule has 0 unspecified atom stereocenters. The van der Waals surface area contributed by atoms with Crippen LogP contribution in [0.4, 0.5) is 8.78 Å². The number of hydrogen-bond acceptors (Lipinski definition) is 9. The predicted octanol–water partition coefficient (Wildman–Crippen LogP) is 3.04. The lowest BCUT2D eigenvalue weighted by Crippen LogP contribution is -2.70. The maximum absolute atomic E-state index is 13.3. The SMILES string of the molecule is Cc1nnc(SCC2=C(C(=O)O)N3C(=O)[C@H](NC(=O)Cn4nc(C(F)F)c(Cl)c4C4CC4)[C@H]3SC2)s1. The van der Waals surface area contributed by atoms with Crippen LogP contribution in [0.5, 0.6) is 0 Å². The van der Waals surface area contributed by atoms with E-state index in [4.69, 9.17) is 11.6 Å². The number of β-lactam (4-membered cyclic amide) rings is 1. The molecule has 10 nitrogen and oxygen atoms in total. The van der Waals surface area contributed by atoms with E-state index in [0.29, 0.717) is 27.1 Å². The summed E-state index contributed by atoms with van der Waals surface area (Å²) in [6.45, 7) is 1.45. The number of hydrogen-bond donors (Lipinski definition) is 2. The summed E-state index contributed by atoms with van der Waals surface area (Å²) in [6.07, 6.45) is -1.33. The summed E-state index contributed by atoms with van der Waals surface area (Å²) in [5.74, 6) is -1.67. The Morgan fingerprint density at radius 2 is 2.08 bits per heavy atom. The molecule has 2 aromatic heterocycles. The third kappa shape index (κ3) is 4.73. The number of amides is 2. The zero-order valence-electron chi connectivity index (χ0n) is 18.6. The minimum atomic E-state index is -2.87. The maximum Gasteiger partial charge on any atom is 0.352 e. The molecule has 2 aliphatic heterocycles. The number of alkyl halides is 2. The fourth-order valence-corrected chi connectivity index (χ4v) is 7.79. The van der Waals surface area contributed by atoms with Crippen LogP contribution in [0.25, 0.3) is 0 Å². The molecule has 2 N–H and O–H groups in total. The van der Waals surface area contributed by atoms with E-state index < -0.39 is 41.3 Å². The van der Waals surface area contributed by atoms with Gasteiger partial charge in [0.1, 0.15) is 34.4 Å². The quantitative estimate of drug-likeness (QED) is 0.341. The number of halogens is 3. The van der Waals surface area contributed by atoms with Gasteiger partial charge in [-0.25, -0.2) is 13.6 Å². The first-order chi connectivity index (χ1) is 17.2. The van der Waals surface area contributed by atoms with Gasteiger partial charge in [0.15, 0.2) is 4.34 Å². The molecule has 1 aliphatic carbocycles. The molecule has 4 heterocycles. The molecule has 0 spiro atoms. The molecule has 2 fully saturated rings. The molecular weight excluding hydrogens is 558 g/mol. The highest BCUT2D eigenvalue weighted by Gasteiger charge is 2.54. The van der Waals surface area contributed by atoms with Gasteiger partial charge in [-0.1, -0.05) is 34.7 Å². The largest absolute Gasteiger partial charge is 0.477 e. The summed E-state index contributed by atoms with van der Waals surface area (Å²) in [7, 11) is 0. The van der Waals surface area contributed by atoms with Crippen LogP contribution in [0, 0.1) is 6.92 Å². The van der Waals surface area contributed by atoms with Crippen molar-refractivity contribution in [2.75, 3.05) is 11.5 Å². The molecule has 2 amide bonds. The number of carbonyl (C=O) groups is 3. The van der Waals surface area contributed by atoms with Crippen molar-refractivity contribution in [3.63, 3.8) is 0 Å². The molecule has 2 atom stereocenters. The Balaban J connectivity index is 1.27. The zero-order chi connectivity index (χ0) is 25.7. The summed E-state index contributed by atoms with van der Waals surface area (Å²) in [5, 5.41) is 24.3. The summed E-state index contributed by atoms with van der Waals surface area (Å²) < 4.78 is 28.4. The summed E-state index contributed by atoms with van der Waals surface area (Å²) in [5.41, 5.74) is 0.337. The smallest absolute Gasteiger partial charge is 0.352 e. The number of rotatable bonds is 9. The van der Waals surface area contributed by atoms with Crippen molar-refractivity contribution in [3.05, 3.63) is 32.7 Å². The van der Waals surface area contributed by atoms with Gasteiger partial charge in [-0.15, -0.1) is 22.0 Å². The third-order valence-corrected chi connectivity index (χ3v) is 9.65. The van der Waals surface area contributed by atoms with Crippen LogP contribution in [-0.4, -0.2) is 70.7 Å². The number of carboxylic acid groups (broad SMARTS) is 1. The first-order valence-electron chi connectivity index (χ1n) is 10.8. The van der Waals surface area contributed by atoms with Crippen molar-refractivity contribution in [1.82, 2.24) is 30.2 Å². The van der Waals surface area contributed by atoms with Gasteiger partial charge in [0.05, 0.1) is 10.7 Å². The Labute approximate surface area is 220 Å². The lowest BCUT2D eigenvalue weighted by atomic mass is 10.0. The second kappa shape index (κ2) is 9.91. The first kappa shape index (κ1) is 25.4. The number of nitrogens with zero attached hydrogens (tertiary/aromatic N) is 5. The summed E-state index contributed by atoms with van der Waals surface area (Å²) >= 11 is 10.2. The number of aromatic nitrogens is 4. The van der Waals surface area contributed by atoms with Crippen molar-refractivity contribution in [2.24, 2.45) is 0 Å². The highest BCUT2D eigenvalue weighted by molar-refractivity contribution is 8.01. The van der Waals surface area contributed by atoms with E-state index in [1.807, 2.05) is 6.92 Å². The Bertz CT molecular complexity index is 1280. The lowest BCUT2D eigenvalue weighted by Gasteiger charge is -2.49. The molecule has 3 aliphatic rings. The van der Waals surface area contributed by atoms with Crippen LogP contribution < -0.4 is 5.32 Å². The second-order valence-electron chi connectivity index (χ2n) is 8.41. The van der Waals surface area contributed by atoms with Crippen molar-refractivity contribution in [1.29, 1.82) is 0 Å². The molecule has 16 heteroatoms. The first-order valence-corrected chi connectivity index (χ1v) is 14.0. The van der Waals surface area contributed by atoms with Crippen LogP contribution >= 0.6 is 46.5 Å². The van der Waals surface area contributed by atoms with Gasteiger partial charge < -0.3 is 10.4 Å². The van der Waals surface area contributed by atoms with Crippen LogP contribution in [-0.2, 0) is 20.9 Å². The van der Waals surface area contributed by atoms with Crippen molar-refractivity contribution < 1.29 is 28.3 Å². The summed E-state index contributed by atoms with van der Waals surface area (Å²) in [6, 6.07) is -0.929. The molecule has 5 rings (SSSR count). The van der Waals surface area contributed by atoms with Crippen LogP contribution in [0.15, 0.2) is 15.6 Å².